The van der Waals surface area contributed by atoms with Gasteiger partial charge in [0.1, 0.15) is 6.23 Å². The van der Waals surface area contributed by atoms with Crippen LogP contribution in [0.15, 0.2) is 0 Å². The van der Waals surface area contributed by atoms with Crippen molar-refractivity contribution < 1.29 is 23.7 Å². The summed E-state index contributed by atoms with van der Waals surface area (Å²) in [5, 5.41) is 1.88. The summed E-state index contributed by atoms with van der Waals surface area (Å²) in [7, 11) is -4.49. The van der Waals surface area contributed by atoms with Gasteiger partial charge in [0, 0.05) is 0 Å². The maximum absolute atomic E-state index is 10.0. The molecule has 0 heterocycles. The van der Waals surface area contributed by atoms with E-state index >= 15 is 0 Å². The van der Waals surface area contributed by atoms with Crippen LogP contribution < -0.4 is 5.32 Å². The Kier molecular flexibility index (Phi) is 3.52. The van der Waals surface area contributed by atoms with E-state index in [0.29, 0.717) is 0 Å². The highest BCUT2D eigenvalue weighted by Crippen LogP contribution is 2.36. The second-order valence-corrected chi connectivity index (χ2v) is 2.68. The first kappa shape index (κ1) is 9.58. The predicted molar refractivity (Wildman–Crippen MR) is 31.4 cm³/mol. The zero-order valence-electron chi connectivity index (χ0n) is 5.14. The van der Waals surface area contributed by atoms with Gasteiger partial charge in [-0.15, -0.1) is 0 Å². The summed E-state index contributed by atoms with van der Waals surface area (Å²) in [4.78, 5) is 25.8. The van der Waals surface area contributed by atoms with E-state index in [-0.39, 0.29) is 0 Å². The van der Waals surface area contributed by atoms with E-state index in [0.717, 1.165) is 0 Å². The molecule has 6 nitrogen and oxygen atoms in total. The van der Waals surface area contributed by atoms with E-state index in [4.69, 9.17) is 9.79 Å². The van der Waals surface area contributed by atoms with Crippen molar-refractivity contribution in [1.29, 1.82) is 0 Å². The summed E-state index contributed by atoms with van der Waals surface area (Å²) in [6.07, 6.45) is 0.192. The van der Waals surface area contributed by atoms with Crippen molar-refractivity contribution in [3.05, 3.63) is 0 Å². The fourth-order valence-electron chi connectivity index (χ4n) is 0.315. The maximum Gasteiger partial charge on any atom is 0.471 e. The van der Waals surface area contributed by atoms with Crippen LogP contribution in [0.3, 0.4) is 0 Å². The van der Waals surface area contributed by atoms with Crippen LogP contribution in [0.1, 0.15) is 6.92 Å². The Balaban J connectivity index is 3.68. The number of carbonyl (C=O) groups excluding carboxylic acids is 1. The smallest absolute Gasteiger partial charge is 0.322 e. The van der Waals surface area contributed by atoms with Crippen LogP contribution in [0.2, 0.25) is 0 Å². The molecular weight excluding hydrogens is 161 g/mol. The predicted octanol–water partition coefficient (Wildman–Crippen LogP) is -0.901. The molecule has 0 aromatic heterocycles. The van der Waals surface area contributed by atoms with Gasteiger partial charge in [-0.1, -0.05) is 0 Å². The van der Waals surface area contributed by atoms with Gasteiger partial charge < -0.3 is 15.1 Å². The summed E-state index contributed by atoms with van der Waals surface area (Å²) < 4.78 is 14.0. The van der Waals surface area contributed by atoms with Gasteiger partial charge in [-0.25, -0.2) is 4.57 Å². The molecule has 0 saturated heterocycles. The van der Waals surface area contributed by atoms with E-state index in [1.165, 1.54) is 13.3 Å². The summed E-state index contributed by atoms with van der Waals surface area (Å²) in [6, 6.07) is 0. The highest BCUT2D eigenvalue weighted by Gasteiger charge is 2.17. The third kappa shape index (κ3) is 5.71. The highest BCUT2D eigenvalue weighted by atomic mass is 31.2. The van der Waals surface area contributed by atoms with Crippen LogP contribution in [0.4, 0.5) is 0 Å². The van der Waals surface area contributed by atoms with Gasteiger partial charge >= 0.3 is 14.2 Å². The lowest BCUT2D eigenvalue weighted by atomic mass is 10.7. The summed E-state index contributed by atoms with van der Waals surface area (Å²) >= 11 is 0. The Morgan fingerprint density at radius 2 is 2.20 bits per heavy atom. The van der Waals surface area contributed by atoms with Crippen LogP contribution in [0, 0.1) is 0 Å². The van der Waals surface area contributed by atoms with Gasteiger partial charge in [-0.3, -0.25) is 9.32 Å². The molecule has 0 saturated carbocycles. The molecule has 0 bridgehead atoms. The lowest BCUT2D eigenvalue weighted by Crippen LogP contribution is -2.25. The monoisotopic (exact) mass is 168 g/mol. The van der Waals surface area contributed by atoms with Gasteiger partial charge in [0.2, 0.25) is 0 Å². The first-order valence-electron chi connectivity index (χ1n) is 2.32. The molecule has 0 aromatic carbocycles. The molecule has 0 rings (SSSR count). The zero-order chi connectivity index (χ0) is 8.20. The van der Waals surface area contributed by atoms with Crippen LogP contribution in [0.5, 0.6) is 0 Å². The fourth-order valence-corrected chi connectivity index (χ4v) is 0.780. The van der Waals surface area contributed by atoms with Crippen molar-refractivity contribution in [2.45, 2.75) is 13.2 Å². The van der Waals surface area contributed by atoms with Gasteiger partial charge in [0.15, 0.2) is 0 Å². The van der Waals surface area contributed by atoms with Crippen LogP contribution in [-0.4, -0.2) is 22.4 Å². The molecule has 0 aliphatic carbocycles. The quantitative estimate of drug-likeness (QED) is 0.287. The van der Waals surface area contributed by atoms with Gasteiger partial charge in [0.05, 0.1) is 0 Å². The largest absolute Gasteiger partial charge is 0.471 e. The van der Waals surface area contributed by atoms with E-state index < -0.39 is 14.1 Å². The lowest BCUT2D eigenvalue weighted by molar-refractivity contribution is 0.135. The Morgan fingerprint density at radius 1 is 1.70 bits per heavy atom. The molecule has 1 amide bonds. The van der Waals surface area contributed by atoms with Gasteiger partial charge in [-0.05, 0) is 6.92 Å². The highest BCUT2D eigenvalue weighted by molar-refractivity contribution is 7.46. The number of phosphoric acid groups is 1. The van der Waals surface area contributed by atoms with Crippen molar-refractivity contribution in [2.24, 2.45) is 0 Å². The third-order valence-corrected chi connectivity index (χ3v) is 1.15. The number of phosphoric ester groups is 1. The van der Waals surface area contributed by atoms with Crippen LogP contribution in [-0.2, 0) is 13.9 Å². The molecule has 59 valence electrons. The molecule has 1 atom stereocenters. The topological polar surface area (TPSA) is 95.9 Å². The first-order valence-corrected chi connectivity index (χ1v) is 3.85. The minimum absolute atomic E-state index is 1.03. The number of amides is 1. The van der Waals surface area contributed by atoms with E-state index in [1.54, 1.807) is 0 Å². The average Bonchev–Trinajstić information content (AvgIpc) is 1.59. The Hall–Kier alpha value is -0.420. The fraction of sp³-hybridized carbons (Fsp3) is 0.667. The molecule has 0 aromatic rings. The summed E-state index contributed by atoms with van der Waals surface area (Å²) in [5.41, 5.74) is 0. The summed E-state index contributed by atoms with van der Waals surface area (Å²) in [5.74, 6) is 0. The second-order valence-electron chi connectivity index (χ2n) is 1.48. The molecule has 0 aliphatic rings. The Labute approximate surface area is 57.4 Å². The number of nitrogens with one attached hydrogen (secondary N) is 1. The lowest BCUT2D eigenvalue weighted by Gasteiger charge is -2.10. The normalized spacial score (nSPS) is 14.3. The molecule has 10 heavy (non-hydrogen) atoms. The zero-order valence-corrected chi connectivity index (χ0v) is 6.04. The third-order valence-electron chi connectivity index (χ3n) is 0.558. The van der Waals surface area contributed by atoms with Crippen molar-refractivity contribution in [1.82, 2.24) is 5.32 Å². The van der Waals surface area contributed by atoms with E-state index in [2.05, 4.69) is 4.52 Å². The van der Waals surface area contributed by atoms with Crippen LogP contribution in [0.25, 0.3) is 0 Å². The van der Waals surface area contributed by atoms with Gasteiger partial charge in [0.25, 0.3) is 0 Å². The van der Waals surface area contributed by atoms with E-state index in [9.17, 15) is 9.36 Å². The number of hydrogen-bond donors (Lipinski definition) is 3. The maximum atomic E-state index is 10.0. The van der Waals surface area contributed by atoms with Crippen molar-refractivity contribution in [2.75, 3.05) is 0 Å². The minimum Gasteiger partial charge on any atom is -0.322 e. The Morgan fingerprint density at radius 3 is 2.50 bits per heavy atom. The first-order chi connectivity index (χ1) is 4.45. The molecule has 0 aliphatic heterocycles. The Bertz CT molecular complexity index is 153. The average molecular weight is 168 g/mol. The molecule has 0 fully saturated rings. The molecule has 3 N–H and O–H groups in total. The molecule has 7 heteroatoms. The minimum atomic E-state index is -4.49. The SMILES string of the molecule is CC(N[C]=O)OP(=O)(O)O. The standard InChI is InChI=1S/C3H7NO5P/c1-3(4-2-5)9-10(6,7)8/h3H,1H3,(H,4,5)(H2,6,7,8). The molecule has 1 unspecified atom stereocenters. The second kappa shape index (κ2) is 3.68. The molecule has 1 radical (unpaired) electrons. The van der Waals surface area contributed by atoms with Gasteiger partial charge in [-0.2, -0.15) is 0 Å². The molecule has 0 spiro atoms. The van der Waals surface area contributed by atoms with Crippen molar-refractivity contribution in [3.8, 4) is 0 Å². The van der Waals surface area contributed by atoms with Crippen molar-refractivity contribution in [3.63, 3.8) is 0 Å². The van der Waals surface area contributed by atoms with Crippen molar-refractivity contribution >= 4 is 14.2 Å². The summed E-state index contributed by atoms with van der Waals surface area (Å²) in [6.45, 7) is 1.27. The number of hydrogen-bond acceptors (Lipinski definition) is 3. The van der Waals surface area contributed by atoms with E-state index in [1.807, 2.05) is 5.32 Å². The van der Waals surface area contributed by atoms with Crippen LogP contribution >= 0.6 is 7.82 Å². The number of rotatable bonds is 4. The molecular formula is C3H7NO5P.